The van der Waals surface area contributed by atoms with Crippen molar-refractivity contribution in [3.8, 4) is 11.5 Å². The van der Waals surface area contributed by atoms with Crippen LogP contribution in [-0.4, -0.2) is 18.4 Å². The zero-order valence-electron chi connectivity index (χ0n) is 12.8. The SMILES string of the molecule is CCOc1ccc(C(N=C=S)c2ccc(OCC)cc2)cc1. The first kappa shape index (κ1) is 16.2. The molecule has 0 heterocycles. The summed E-state index contributed by atoms with van der Waals surface area (Å²) in [5, 5.41) is 2.49. The van der Waals surface area contributed by atoms with Crippen LogP contribution < -0.4 is 9.47 Å². The van der Waals surface area contributed by atoms with E-state index in [-0.39, 0.29) is 6.04 Å². The second-order valence-electron chi connectivity index (χ2n) is 4.63. The van der Waals surface area contributed by atoms with E-state index in [9.17, 15) is 0 Å². The lowest BCUT2D eigenvalue weighted by molar-refractivity contribution is 0.340. The third kappa shape index (κ3) is 4.17. The zero-order valence-corrected chi connectivity index (χ0v) is 13.6. The number of hydrogen-bond acceptors (Lipinski definition) is 4. The first-order valence-corrected chi connectivity index (χ1v) is 7.71. The Balaban J connectivity index is 2.27. The van der Waals surface area contributed by atoms with Gasteiger partial charge in [0.1, 0.15) is 17.5 Å². The number of rotatable bonds is 7. The molecular weight excluding hydrogens is 294 g/mol. The molecule has 114 valence electrons. The van der Waals surface area contributed by atoms with Crippen molar-refractivity contribution in [1.82, 2.24) is 0 Å². The fourth-order valence-corrected chi connectivity index (χ4v) is 2.33. The Bertz CT molecular complexity index is 582. The van der Waals surface area contributed by atoms with Crippen molar-refractivity contribution in [3.63, 3.8) is 0 Å². The predicted octanol–water partition coefficient (Wildman–Crippen LogP) is 4.68. The second kappa shape index (κ2) is 8.32. The normalized spacial score (nSPS) is 10.1. The highest BCUT2D eigenvalue weighted by Gasteiger charge is 2.13. The van der Waals surface area contributed by atoms with Gasteiger partial charge in [0, 0.05) is 0 Å². The maximum Gasteiger partial charge on any atom is 0.119 e. The van der Waals surface area contributed by atoms with Crippen molar-refractivity contribution in [3.05, 3.63) is 59.7 Å². The Morgan fingerprint density at radius 2 is 1.27 bits per heavy atom. The van der Waals surface area contributed by atoms with Gasteiger partial charge < -0.3 is 9.47 Å². The third-order valence-corrected chi connectivity index (χ3v) is 3.30. The molecule has 2 aromatic carbocycles. The Kier molecular flexibility index (Phi) is 6.13. The molecule has 0 fully saturated rings. The van der Waals surface area contributed by atoms with Crippen LogP contribution in [-0.2, 0) is 0 Å². The number of benzene rings is 2. The summed E-state index contributed by atoms with van der Waals surface area (Å²) >= 11 is 4.80. The van der Waals surface area contributed by atoms with Crippen molar-refractivity contribution < 1.29 is 9.47 Å². The minimum atomic E-state index is -0.163. The van der Waals surface area contributed by atoms with Gasteiger partial charge >= 0.3 is 0 Å². The molecule has 3 nitrogen and oxygen atoms in total. The molecule has 0 aliphatic rings. The van der Waals surface area contributed by atoms with E-state index in [2.05, 4.69) is 10.2 Å². The molecule has 0 amide bonds. The highest BCUT2D eigenvalue weighted by atomic mass is 32.1. The van der Waals surface area contributed by atoms with Gasteiger partial charge in [-0.2, -0.15) is 0 Å². The number of nitrogens with zero attached hydrogens (tertiary/aromatic N) is 1. The van der Waals surface area contributed by atoms with Gasteiger partial charge in [0.25, 0.3) is 0 Å². The highest BCUT2D eigenvalue weighted by Crippen LogP contribution is 2.28. The molecule has 2 aromatic rings. The summed E-state index contributed by atoms with van der Waals surface area (Å²) in [5.41, 5.74) is 2.09. The summed E-state index contributed by atoms with van der Waals surface area (Å²) in [7, 11) is 0. The molecule has 22 heavy (non-hydrogen) atoms. The van der Waals surface area contributed by atoms with Crippen LogP contribution in [0.15, 0.2) is 53.5 Å². The van der Waals surface area contributed by atoms with E-state index in [4.69, 9.17) is 21.7 Å². The number of ether oxygens (including phenoxy) is 2. The molecule has 0 atom stereocenters. The average molecular weight is 313 g/mol. The van der Waals surface area contributed by atoms with Gasteiger partial charge in [-0.25, -0.2) is 4.99 Å². The number of hydrogen-bond donors (Lipinski definition) is 0. The van der Waals surface area contributed by atoms with Crippen LogP contribution in [0.2, 0.25) is 0 Å². The van der Waals surface area contributed by atoms with Gasteiger partial charge in [0.2, 0.25) is 0 Å². The van der Waals surface area contributed by atoms with Crippen LogP contribution in [0.25, 0.3) is 0 Å². The maximum absolute atomic E-state index is 5.47. The van der Waals surface area contributed by atoms with Crippen LogP contribution >= 0.6 is 12.2 Å². The fourth-order valence-electron chi connectivity index (χ4n) is 2.22. The molecule has 0 saturated carbocycles. The lowest BCUT2D eigenvalue weighted by Gasteiger charge is -2.13. The largest absolute Gasteiger partial charge is 0.494 e. The monoisotopic (exact) mass is 313 g/mol. The van der Waals surface area contributed by atoms with Crippen LogP contribution in [0.3, 0.4) is 0 Å². The standard InChI is InChI=1S/C18H19NO2S/c1-3-20-16-9-5-14(6-10-16)18(19-13-22)15-7-11-17(12-8-15)21-4-2/h5-12,18H,3-4H2,1-2H3. The Hall–Kier alpha value is -2.16. The Morgan fingerprint density at radius 3 is 1.59 bits per heavy atom. The van der Waals surface area contributed by atoms with Gasteiger partial charge in [-0.3, -0.25) is 0 Å². The molecule has 0 unspecified atom stereocenters. The smallest absolute Gasteiger partial charge is 0.119 e. The van der Waals surface area contributed by atoms with Gasteiger partial charge in [0.05, 0.1) is 18.4 Å². The summed E-state index contributed by atoms with van der Waals surface area (Å²) in [4.78, 5) is 4.30. The Labute approximate surface area is 136 Å². The molecule has 0 bridgehead atoms. The van der Waals surface area contributed by atoms with Crippen LogP contribution in [0.4, 0.5) is 0 Å². The quantitative estimate of drug-likeness (QED) is 0.549. The van der Waals surface area contributed by atoms with E-state index in [0.717, 1.165) is 22.6 Å². The highest BCUT2D eigenvalue weighted by molar-refractivity contribution is 7.78. The molecule has 0 aliphatic carbocycles. The molecule has 4 heteroatoms. The van der Waals surface area contributed by atoms with Gasteiger partial charge in [-0.05, 0) is 61.5 Å². The van der Waals surface area contributed by atoms with Crippen molar-refractivity contribution >= 4 is 17.4 Å². The van der Waals surface area contributed by atoms with Gasteiger partial charge in [-0.15, -0.1) is 0 Å². The number of thiocarbonyl (C=S) groups is 1. The zero-order chi connectivity index (χ0) is 15.8. The summed E-state index contributed by atoms with van der Waals surface area (Å²) < 4.78 is 10.9. The van der Waals surface area contributed by atoms with Crippen LogP contribution in [0.1, 0.15) is 31.0 Å². The first-order chi connectivity index (χ1) is 10.8. The van der Waals surface area contributed by atoms with E-state index in [1.54, 1.807) is 0 Å². The lowest BCUT2D eigenvalue weighted by atomic mass is 9.99. The van der Waals surface area contributed by atoms with E-state index in [1.807, 2.05) is 62.4 Å². The molecule has 0 radical (unpaired) electrons. The second-order valence-corrected chi connectivity index (χ2v) is 4.81. The first-order valence-electron chi connectivity index (χ1n) is 7.31. The minimum absolute atomic E-state index is 0.163. The molecule has 0 aliphatic heterocycles. The summed E-state index contributed by atoms with van der Waals surface area (Å²) in [5.74, 6) is 1.70. The molecule has 0 N–H and O–H groups in total. The van der Waals surface area contributed by atoms with Crippen molar-refractivity contribution in [2.75, 3.05) is 13.2 Å². The maximum atomic E-state index is 5.47. The lowest BCUT2D eigenvalue weighted by Crippen LogP contribution is -1.99. The predicted molar refractivity (Wildman–Crippen MR) is 92.1 cm³/mol. The van der Waals surface area contributed by atoms with E-state index in [1.165, 1.54) is 0 Å². The number of aliphatic imine (C=N–C) groups is 1. The summed E-state index contributed by atoms with van der Waals surface area (Å²) in [6.45, 7) is 5.24. The average Bonchev–Trinajstić information content (AvgIpc) is 2.55. The van der Waals surface area contributed by atoms with Crippen molar-refractivity contribution in [1.29, 1.82) is 0 Å². The van der Waals surface area contributed by atoms with E-state index < -0.39 is 0 Å². The van der Waals surface area contributed by atoms with Gasteiger partial charge in [0.15, 0.2) is 0 Å². The molecular formula is C18H19NO2S. The summed E-state index contributed by atoms with van der Waals surface area (Å²) in [6, 6.07) is 15.6. The molecule has 0 saturated heterocycles. The van der Waals surface area contributed by atoms with Gasteiger partial charge in [-0.1, -0.05) is 24.3 Å². The van der Waals surface area contributed by atoms with E-state index in [0.29, 0.717) is 13.2 Å². The van der Waals surface area contributed by atoms with E-state index >= 15 is 0 Å². The van der Waals surface area contributed by atoms with Crippen molar-refractivity contribution in [2.24, 2.45) is 4.99 Å². The molecule has 0 aromatic heterocycles. The molecule has 0 spiro atoms. The Morgan fingerprint density at radius 1 is 0.864 bits per heavy atom. The summed E-state index contributed by atoms with van der Waals surface area (Å²) in [6.07, 6.45) is 0. The number of isothiocyanates is 1. The van der Waals surface area contributed by atoms with Crippen LogP contribution in [0.5, 0.6) is 11.5 Å². The van der Waals surface area contributed by atoms with Crippen LogP contribution in [0, 0.1) is 0 Å². The van der Waals surface area contributed by atoms with Crippen molar-refractivity contribution in [2.45, 2.75) is 19.9 Å². The third-order valence-electron chi connectivity index (χ3n) is 3.20. The topological polar surface area (TPSA) is 30.8 Å². The molecule has 2 rings (SSSR count). The minimum Gasteiger partial charge on any atom is -0.494 e. The fraction of sp³-hybridized carbons (Fsp3) is 0.278.